The van der Waals surface area contributed by atoms with Crippen LogP contribution < -0.4 is 25.4 Å². The number of carbonyl (C=O) groups is 1. The molecule has 1 unspecified atom stereocenters. The van der Waals surface area contributed by atoms with Gasteiger partial charge in [-0.05, 0) is 47.7 Å². The van der Waals surface area contributed by atoms with E-state index < -0.39 is 6.03 Å². The van der Waals surface area contributed by atoms with Gasteiger partial charge in [0, 0.05) is 0 Å². The predicted molar refractivity (Wildman–Crippen MR) is 114 cm³/mol. The highest BCUT2D eigenvalue weighted by Gasteiger charge is 2.12. The topological polar surface area (TPSA) is 95.2 Å². The number of hydrogen-bond donors (Lipinski definition) is 2. The molecule has 0 heterocycles. The molecule has 0 aromatic heterocycles. The molecule has 7 nitrogen and oxygen atoms in total. The van der Waals surface area contributed by atoms with Crippen LogP contribution in [-0.2, 0) is 0 Å². The van der Waals surface area contributed by atoms with Crippen molar-refractivity contribution in [2.75, 3.05) is 20.3 Å². The maximum atomic E-state index is 10.7. The van der Waals surface area contributed by atoms with Gasteiger partial charge in [-0.15, -0.1) is 0 Å². The summed E-state index contributed by atoms with van der Waals surface area (Å²) < 4.78 is 16.8. The fourth-order valence-corrected chi connectivity index (χ4v) is 2.83. The minimum atomic E-state index is -0.756. The number of nitrogens with two attached hydrogens (primary N) is 1. The molecular formula is C21H26ClN3O4. The van der Waals surface area contributed by atoms with Crippen molar-refractivity contribution >= 4 is 23.8 Å². The van der Waals surface area contributed by atoms with Crippen molar-refractivity contribution in [3.63, 3.8) is 0 Å². The molecule has 2 rings (SSSR count). The lowest BCUT2D eigenvalue weighted by Crippen LogP contribution is -2.24. The SMILES string of the molecule is CCC(C)c1ccc(OCCOc2c(Cl)cc(/C=N/NC(N)=O)cc2OC)cc1. The standard InChI is InChI=1S/C21H26ClN3O4/c1-4-14(2)16-5-7-17(8-6-16)28-9-10-29-20-18(22)11-15(12-19(20)27-3)13-24-25-21(23)26/h5-8,11-14H,4,9-10H2,1-3H3,(H3,23,25,26)/b24-13+. The number of hydrogen-bond acceptors (Lipinski definition) is 5. The van der Waals surface area contributed by atoms with E-state index in [0.29, 0.717) is 41.2 Å². The van der Waals surface area contributed by atoms with Crippen LogP contribution in [0.5, 0.6) is 17.2 Å². The summed E-state index contributed by atoms with van der Waals surface area (Å²) in [5.41, 5.74) is 8.98. The van der Waals surface area contributed by atoms with Crippen LogP contribution in [0.1, 0.15) is 37.3 Å². The van der Waals surface area contributed by atoms with E-state index >= 15 is 0 Å². The number of primary amides is 1. The van der Waals surface area contributed by atoms with Gasteiger partial charge in [-0.2, -0.15) is 5.10 Å². The molecule has 0 aliphatic rings. The van der Waals surface area contributed by atoms with Crippen molar-refractivity contribution in [2.24, 2.45) is 10.8 Å². The molecule has 1 atom stereocenters. The Balaban J connectivity index is 1.92. The maximum absolute atomic E-state index is 10.7. The van der Waals surface area contributed by atoms with E-state index in [0.717, 1.165) is 12.2 Å². The molecule has 3 N–H and O–H groups in total. The number of rotatable bonds is 10. The first-order valence-electron chi connectivity index (χ1n) is 9.26. The first kappa shape index (κ1) is 22.4. The largest absolute Gasteiger partial charge is 0.493 e. The quantitative estimate of drug-likeness (QED) is 0.340. The summed E-state index contributed by atoms with van der Waals surface area (Å²) in [6.45, 7) is 5.02. The Bertz CT molecular complexity index is 841. The van der Waals surface area contributed by atoms with Gasteiger partial charge in [-0.1, -0.05) is 37.6 Å². The van der Waals surface area contributed by atoms with E-state index in [-0.39, 0.29) is 0 Å². The lowest BCUT2D eigenvalue weighted by atomic mass is 9.99. The number of hydrazone groups is 1. The van der Waals surface area contributed by atoms with Crippen molar-refractivity contribution < 1.29 is 19.0 Å². The van der Waals surface area contributed by atoms with Gasteiger partial charge in [0.2, 0.25) is 0 Å². The third-order valence-electron chi connectivity index (χ3n) is 4.30. The van der Waals surface area contributed by atoms with E-state index in [1.165, 1.54) is 18.9 Å². The van der Waals surface area contributed by atoms with Crippen LogP contribution >= 0.6 is 11.6 Å². The van der Waals surface area contributed by atoms with Gasteiger partial charge in [-0.25, -0.2) is 10.2 Å². The van der Waals surface area contributed by atoms with Gasteiger partial charge in [0.25, 0.3) is 0 Å². The summed E-state index contributed by atoms with van der Waals surface area (Å²) >= 11 is 6.29. The number of carbonyl (C=O) groups excluding carboxylic acids is 1. The number of urea groups is 1. The summed E-state index contributed by atoms with van der Waals surface area (Å²) in [5, 5.41) is 4.04. The first-order chi connectivity index (χ1) is 13.9. The molecule has 2 aromatic rings. The number of ether oxygens (including phenoxy) is 3. The smallest absolute Gasteiger partial charge is 0.332 e. The van der Waals surface area contributed by atoms with Gasteiger partial charge in [0.15, 0.2) is 11.5 Å². The van der Waals surface area contributed by atoms with Crippen molar-refractivity contribution in [3.8, 4) is 17.2 Å². The van der Waals surface area contributed by atoms with Gasteiger partial charge in [0.05, 0.1) is 18.3 Å². The zero-order chi connectivity index (χ0) is 21.2. The molecule has 2 amide bonds. The van der Waals surface area contributed by atoms with Crippen molar-refractivity contribution in [1.29, 1.82) is 0 Å². The van der Waals surface area contributed by atoms with Crippen LogP contribution in [0.3, 0.4) is 0 Å². The molecule has 0 radical (unpaired) electrons. The van der Waals surface area contributed by atoms with E-state index in [1.807, 2.05) is 12.1 Å². The van der Waals surface area contributed by atoms with Crippen LogP contribution in [0.25, 0.3) is 0 Å². The molecule has 0 fully saturated rings. The first-order valence-corrected chi connectivity index (χ1v) is 9.64. The zero-order valence-electron chi connectivity index (χ0n) is 16.8. The number of benzene rings is 2. The molecule has 29 heavy (non-hydrogen) atoms. The average Bonchev–Trinajstić information content (AvgIpc) is 2.71. The monoisotopic (exact) mass is 419 g/mol. The molecule has 0 aliphatic heterocycles. The highest BCUT2D eigenvalue weighted by molar-refractivity contribution is 6.32. The molecule has 0 saturated heterocycles. The van der Waals surface area contributed by atoms with Gasteiger partial charge < -0.3 is 19.9 Å². The van der Waals surface area contributed by atoms with E-state index in [9.17, 15) is 4.79 Å². The second-order valence-electron chi connectivity index (χ2n) is 6.34. The van der Waals surface area contributed by atoms with Crippen molar-refractivity contribution in [2.45, 2.75) is 26.2 Å². The number of halogens is 1. The Kier molecular flexibility index (Phi) is 8.61. The number of amides is 2. The Morgan fingerprint density at radius 1 is 1.24 bits per heavy atom. The van der Waals surface area contributed by atoms with E-state index in [4.69, 9.17) is 31.5 Å². The fraction of sp³-hybridized carbons (Fsp3) is 0.333. The fourth-order valence-electron chi connectivity index (χ4n) is 2.56. The minimum Gasteiger partial charge on any atom is -0.493 e. The van der Waals surface area contributed by atoms with Gasteiger partial charge in [0.1, 0.15) is 19.0 Å². The lowest BCUT2D eigenvalue weighted by Gasteiger charge is -2.14. The predicted octanol–water partition coefficient (Wildman–Crippen LogP) is 4.32. The summed E-state index contributed by atoms with van der Waals surface area (Å²) in [6.07, 6.45) is 2.50. The van der Waals surface area contributed by atoms with Crippen LogP contribution in [0.15, 0.2) is 41.5 Å². The van der Waals surface area contributed by atoms with Gasteiger partial charge >= 0.3 is 6.03 Å². The normalized spacial score (nSPS) is 11.9. The minimum absolute atomic E-state index is 0.292. The summed E-state index contributed by atoms with van der Waals surface area (Å²) in [7, 11) is 1.51. The molecule has 0 saturated carbocycles. The molecule has 0 spiro atoms. The Labute approximate surface area is 175 Å². The number of nitrogens with one attached hydrogen (secondary N) is 1. The second kappa shape index (κ2) is 11.2. The average molecular weight is 420 g/mol. The van der Waals surface area contributed by atoms with E-state index in [2.05, 4.69) is 36.5 Å². The third kappa shape index (κ3) is 6.87. The Hall–Kier alpha value is -2.93. The number of nitrogens with zero attached hydrogens (tertiary/aromatic N) is 1. The van der Waals surface area contributed by atoms with Crippen LogP contribution in [0.2, 0.25) is 5.02 Å². The third-order valence-corrected chi connectivity index (χ3v) is 4.58. The van der Waals surface area contributed by atoms with Crippen LogP contribution in [-0.4, -0.2) is 32.6 Å². The summed E-state index contributed by atoms with van der Waals surface area (Å²) in [6, 6.07) is 10.7. The molecule has 156 valence electrons. The molecular weight excluding hydrogens is 394 g/mol. The lowest BCUT2D eigenvalue weighted by molar-refractivity contribution is 0.211. The molecule has 0 aliphatic carbocycles. The highest BCUT2D eigenvalue weighted by Crippen LogP contribution is 2.36. The molecule has 0 bridgehead atoms. The zero-order valence-corrected chi connectivity index (χ0v) is 17.5. The second-order valence-corrected chi connectivity index (χ2v) is 6.75. The summed E-state index contributed by atoms with van der Waals surface area (Å²) in [5.74, 6) is 2.16. The maximum Gasteiger partial charge on any atom is 0.332 e. The van der Waals surface area contributed by atoms with E-state index in [1.54, 1.807) is 12.1 Å². The van der Waals surface area contributed by atoms with Crippen LogP contribution in [0, 0.1) is 0 Å². The Morgan fingerprint density at radius 3 is 2.55 bits per heavy atom. The van der Waals surface area contributed by atoms with Crippen LogP contribution in [0.4, 0.5) is 4.79 Å². The summed E-state index contributed by atoms with van der Waals surface area (Å²) in [4.78, 5) is 10.7. The Morgan fingerprint density at radius 2 is 1.93 bits per heavy atom. The molecule has 2 aromatic carbocycles. The van der Waals surface area contributed by atoms with Gasteiger partial charge in [-0.3, -0.25) is 0 Å². The van der Waals surface area contributed by atoms with Crippen molar-refractivity contribution in [1.82, 2.24) is 5.43 Å². The number of methoxy groups -OCH3 is 1. The highest BCUT2D eigenvalue weighted by atomic mass is 35.5. The molecule has 8 heteroatoms. The van der Waals surface area contributed by atoms with Crippen molar-refractivity contribution in [3.05, 3.63) is 52.5 Å².